The van der Waals surface area contributed by atoms with Gasteiger partial charge in [-0.1, -0.05) is 20.8 Å². The lowest BCUT2D eigenvalue weighted by Crippen LogP contribution is -2.44. The molecule has 2 N–H and O–H groups in total. The Morgan fingerprint density at radius 3 is 2.24 bits per heavy atom. The lowest BCUT2D eigenvalue weighted by atomic mass is 10.2. The molecule has 0 saturated heterocycles. The Morgan fingerprint density at radius 2 is 1.82 bits per heavy atom. The Hall–Kier alpha value is -0.770. The largest absolute Gasteiger partial charge is 0.444 e. The van der Waals surface area contributed by atoms with Gasteiger partial charge >= 0.3 is 6.09 Å². The molecule has 0 aliphatic carbocycles. The van der Waals surface area contributed by atoms with Crippen molar-refractivity contribution in [1.29, 1.82) is 0 Å². The van der Waals surface area contributed by atoms with E-state index in [0.717, 1.165) is 19.5 Å². The van der Waals surface area contributed by atoms with E-state index in [4.69, 9.17) is 4.74 Å². The summed E-state index contributed by atoms with van der Waals surface area (Å²) in [6.45, 7) is 13.7. The average Bonchev–Trinajstić information content (AvgIpc) is 2.12. The summed E-state index contributed by atoms with van der Waals surface area (Å²) in [7, 11) is 0. The lowest BCUT2D eigenvalue weighted by Gasteiger charge is -2.23. The summed E-state index contributed by atoms with van der Waals surface area (Å²) in [5.41, 5.74) is -0.437. The highest BCUT2D eigenvalue weighted by atomic mass is 16.6. The van der Waals surface area contributed by atoms with Crippen LogP contribution < -0.4 is 10.6 Å². The van der Waals surface area contributed by atoms with E-state index in [9.17, 15) is 4.79 Å². The summed E-state index contributed by atoms with van der Waals surface area (Å²) in [6, 6.07) is 0.128. The Balaban J connectivity index is 3.92. The van der Waals surface area contributed by atoms with Crippen molar-refractivity contribution >= 4 is 6.09 Å². The molecule has 17 heavy (non-hydrogen) atoms. The maximum atomic E-state index is 11.6. The molecule has 4 heteroatoms. The lowest BCUT2D eigenvalue weighted by molar-refractivity contribution is 0.0502. The highest BCUT2D eigenvalue weighted by Gasteiger charge is 2.18. The van der Waals surface area contributed by atoms with Crippen LogP contribution in [0.3, 0.4) is 0 Å². The number of rotatable bonds is 6. The van der Waals surface area contributed by atoms with Crippen LogP contribution in [0.25, 0.3) is 0 Å². The van der Waals surface area contributed by atoms with Crippen LogP contribution in [0, 0.1) is 5.92 Å². The van der Waals surface area contributed by atoms with E-state index in [2.05, 4.69) is 31.4 Å². The van der Waals surface area contributed by atoms with E-state index < -0.39 is 5.60 Å². The number of hydrogen-bond acceptors (Lipinski definition) is 3. The fraction of sp³-hybridized carbons (Fsp3) is 0.923. The topological polar surface area (TPSA) is 50.4 Å². The van der Waals surface area contributed by atoms with Crippen LogP contribution in [0.2, 0.25) is 0 Å². The molecule has 0 heterocycles. The van der Waals surface area contributed by atoms with E-state index >= 15 is 0 Å². The molecule has 4 nitrogen and oxygen atoms in total. The molecule has 0 spiro atoms. The molecule has 102 valence electrons. The average molecular weight is 244 g/mol. The molecule has 0 saturated carbocycles. The molecule has 1 atom stereocenters. The van der Waals surface area contributed by atoms with Gasteiger partial charge in [-0.2, -0.15) is 0 Å². The second-order valence-corrected chi connectivity index (χ2v) is 5.80. The van der Waals surface area contributed by atoms with Gasteiger partial charge in [0.2, 0.25) is 0 Å². The number of hydrogen-bond donors (Lipinski definition) is 2. The predicted molar refractivity (Wildman–Crippen MR) is 71.2 cm³/mol. The minimum absolute atomic E-state index is 0.128. The number of nitrogens with one attached hydrogen (secondary N) is 2. The third-order valence-electron chi connectivity index (χ3n) is 2.16. The van der Waals surface area contributed by atoms with Gasteiger partial charge in [0.1, 0.15) is 5.60 Å². The highest BCUT2D eigenvalue weighted by Crippen LogP contribution is 2.07. The van der Waals surface area contributed by atoms with Gasteiger partial charge in [-0.05, 0) is 39.7 Å². The molecule has 0 radical (unpaired) electrons. The van der Waals surface area contributed by atoms with Crippen LogP contribution in [-0.2, 0) is 4.74 Å². The quantitative estimate of drug-likeness (QED) is 0.755. The van der Waals surface area contributed by atoms with Crippen molar-refractivity contribution in [2.75, 3.05) is 13.1 Å². The van der Waals surface area contributed by atoms with Crippen molar-refractivity contribution < 1.29 is 9.53 Å². The van der Waals surface area contributed by atoms with Crippen molar-refractivity contribution in [3.05, 3.63) is 0 Å². The highest BCUT2D eigenvalue weighted by molar-refractivity contribution is 5.68. The monoisotopic (exact) mass is 244 g/mol. The Kier molecular flexibility index (Phi) is 7.19. The first-order valence-electron chi connectivity index (χ1n) is 6.44. The molecule has 1 amide bonds. The van der Waals surface area contributed by atoms with Crippen molar-refractivity contribution in [3.8, 4) is 0 Å². The Bertz CT molecular complexity index is 222. The number of carbonyl (C=O) groups is 1. The molecule has 0 bridgehead atoms. The Labute approximate surface area is 105 Å². The van der Waals surface area contributed by atoms with Gasteiger partial charge in [-0.3, -0.25) is 0 Å². The first kappa shape index (κ1) is 16.2. The van der Waals surface area contributed by atoms with Gasteiger partial charge in [0.05, 0.1) is 0 Å². The first-order valence-corrected chi connectivity index (χ1v) is 6.44. The molecule has 0 aromatic heterocycles. The second-order valence-electron chi connectivity index (χ2n) is 5.80. The zero-order chi connectivity index (χ0) is 13.5. The minimum Gasteiger partial charge on any atom is -0.444 e. The molecule has 0 aromatic rings. The molecule has 0 aromatic carbocycles. The van der Waals surface area contributed by atoms with E-state index in [1.807, 2.05) is 20.8 Å². The van der Waals surface area contributed by atoms with Crippen molar-refractivity contribution in [2.45, 2.75) is 59.6 Å². The zero-order valence-electron chi connectivity index (χ0n) is 12.1. The van der Waals surface area contributed by atoms with Crippen LogP contribution in [-0.4, -0.2) is 30.8 Å². The Morgan fingerprint density at radius 1 is 1.24 bits per heavy atom. The van der Waals surface area contributed by atoms with Crippen LogP contribution in [0.5, 0.6) is 0 Å². The maximum Gasteiger partial charge on any atom is 0.407 e. The number of carbonyl (C=O) groups excluding carboxylic acids is 1. The van der Waals surface area contributed by atoms with Gasteiger partial charge < -0.3 is 15.4 Å². The smallest absolute Gasteiger partial charge is 0.407 e. The summed E-state index contributed by atoms with van der Waals surface area (Å²) in [5, 5.41) is 6.21. The number of amides is 1. The molecule has 0 rings (SSSR count). The van der Waals surface area contributed by atoms with E-state index in [1.165, 1.54) is 0 Å². The first-order chi connectivity index (χ1) is 7.74. The van der Waals surface area contributed by atoms with Crippen LogP contribution in [0.15, 0.2) is 0 Å². The zero-order valence-corrected chi connectivity index (χ0v) is 12.1. The maximum absolute atomic E-state index is 11.6. The molecular formula is C13H28N2O2. The molecular weight excluding hydrogens is 216 g/mol. The second kappa shape index (κ2) is 7.54. The summed E-state index contributed by atoms with van der Waals surface area (Å²) in [5.74, 6) is 0.619. The van der Waals surface area contributed by atoms with Crippen LogP contribution in [0.4, 0.5) is 4.79 Å². The predicted octanol–water partition coefficient (Wildman–Crippen LogP) is 2.54. The van der Waals surface area contributed by atoms with Crippen molar-refractivity contribution in [3.63, 3.8) is 0 Å². The van der Waals surface area contributed by atoms with Gasteiger partial charge in [0.25, 0.3) is 0 Å². The standard InChI is InChI=1S/C13H28N2O2/c1-7-11(9-14-8-10(2)3)15-12(16)17-13(4,5)6/h10-11,14H,7-9H2,1-6H3,(H,15,16). The van der Waals surface area contributed by atoms with Crippen molar-refractivity contribution in [1.82, 2.24) is 10.6 Å². The number of ether oxygens (including phenoxy) is 1. The summed E-state index contributed by atoms with van der Waals surface area (Å²) in [6.07, 6.45) is 0.556. The van der Waals surface area contributed by atoms with Gasteiger partial charge in [-0.15, -0.1) is 0 Å². The molecule has 0 aliphatic heterocycles. The SMILES string of the molecule is CCC(CNCC(C)C)NC(=O)OC(C)(C)C. The molecule has 0 aliphatic rings. The van der Waals surface area contributed by atoms with E-state index in [0.29, 0.717) is 5.92 Å². The van der Waals surface area contributed by atoms with Gasteiger partial charge in [-0.25, -0.2) is 4.79 Å². The van der Waals surface area contributed by atoms with Crippen LogP contribution >= 0.6 is 0 Å². The molecule has 1 unspecified atom stereocenters. The fourth-order valence-corrected chi connectivity index (χ4v) is 1.32. The molecule has 0 fully saturated rings. The van der Waals surface area contributed by atoms with E-state index in [-0.39, 0.29) is 12.1 Å². The van der Waals surface area contributed by atoms with Gasteiger partial charge in [0.15, 0.2) is 0 Å². The summed E-state index contributed by atoms with van der Waals surface area (Å²) >= 11 is 0. The van der Waals surface area contributed by atoms with Crippen molar-refractivity contribution in [2.24, 2.45) is 5.92 Å². The van der Waals surface area contributed by atoms with E-state index in [1.54, 1.807) is 0 Å². The summed E-state index contributed by atoms with van der Waals surface area (Å²) < 4.78 is 5.22. The minimum atomic E-state index is -0.437. The fourth-order valence-electron chi connectivity index (χ4n) is 1.32. The number of alkyl carbamates (subject to hydrolysis) is 1. The summed E-state index contributed by atoms with van der Waals surface area (Å²) in [4.78, 5) is 11.6. The normalized spacial score (nSPS) is 13.6. The third-order valence-corrected chi connectivity index (χ3v) is 2.16. The van der Waals surface area contributed by atoms with Gasteiger partial charge in [0, 0.05) is 12.6 Å². The third kappa shape index (κ3) is 10.1. The van der Waals surface area contributed by atoms with Crippen LogP contribution in [0.1, 0.15) is 48.0 Å².